The molecule has 22 heavy (non-hydrogen) atoms. The molecule has 118 valence electrons. The minimum atomic E-state index is -0.471. The smallest absolute Gasteiger partial charge is 0.287 e. The van der Waals surface area contributed by atoms with E-state index < -0.39 is 4.92 Å². The van der Waals surface area contributed by atoms with Gasteiger partial charge in [-0.25, -0.2) is 4.98 Å². The van der Waals surface area contributed by atoms with Crippen molar-refractivity contribution in [2.45, 2.75) is 31.3 Å². The zero-order chi connectivity index (χ0) is 15.5. The second-order valence-corrected chi connectivity index (χ2v) is 5.72. The first-order chi connectivity index (χ1) is 10.6. The molecule has 2 aliphatic heterocycles. The predicted molar refractivity (Wildman–Crippen MR) is 80.5 cm³/mol. The summed E-state index contributed by atoms with van der Waals surface area (Å²) < 4.78 is 0. The van der Waals surface area contributed by atoms with E-state index in [1.54, 1.807) is 6.07 Å². The van der Waals surface area contributed by atoms with Gasteiger partial charge < -0.3 is 15.5 Å². The number of hydrogen-bond donors (Lipinski definition) is 2. The molecular formula is C14H19N5O3. The van der Waals surface area contributed by atoms with Crippen molar-refractivity contribution in [1.82, 2.24) is 15.2 Å². The molecule has 8 nitrogen and oxygen atoms in total. The fourth-order valence-corrected chi connectivity index (χ4v) is 2.98. The average molecular weight is 305 g/mol. The molecule has 0 bridgehead atoms. The molecule has 2 atom stereocenters. The predicted octanol–water partition coefficient (Wildman–Crippen LogP) is 0.755. The number of nitro groups is 1. The van der Waals surface area contributed by atoms with Crippen molar-refractivity contribution >= 4 is 17.4 Å². The van der Waals surface area contributed by atoms with E-state index in [2.05, 4.69) is 15.6 Å². The molecule has 0 aromatic carbocycles. The lowest BCUT2D eigenvalue weighted by atomic mass is 10.2. The van der Waals surface area contributed by atoms with Gasteiger partial charge in [0.2, 0.25) is 5.91 Å². The summed E-state index contributed by atoms with van der Waals surface area (Å²) >= 11 is 0. The van der Waals surface area contributed by atoms with Crippen molar-refractivity contribution in [3.05, 3.63) is 28.4 Å². The first kappa shape index (κ1) is 14.7. The minimum absolute atomic E-state index is 0.0268. The molecule has 0 aliphatic carbocycles. The highest BCUT2D eigenvalue weighted by Gasteiger charge is 2.32. The molecule has 2 saturated heterocycles. The molecule has 3 rings (SSSR count). The molecule has 2 unspecified atom stereocenters. The van der Waals surface area contributed by atoms with Crippen LogP contribution in [0.25, 0.3) is 0 Å². The normalized spacial score (nSPS) is 24.5. The molecular weight excluding hydrogens is 286 g/mol. The summed E-state index contributed by atoms with van der Waals surface area (Å²) in [5.74, 6) is 0.780. The maximum Gasteiger partial charge on any atom is 0.287 e. The molecule has 8 heteroatoms. The Morgan fingerprint density at radius 1 is 1.45 bits per heavy atom. The monoisotopic (exact) mass is 305 g/mol. The summed E-state index contributed by atoms with van der Waals surface area (Å²) in [5, 5.41) is 17.1. The summed E-state index contributed by atoms with van der Waals surface area (Å²) in [6, 6.07) is 3.13. The Labute approximate surface area is 128 Å². The number of amides is 1. The maximum absolute atomic E-state index is 12.3. The third-order valence-corrected chi connectivity index (χ3v) is 4.17. The fraction of sp³-hybridized carbons (Fsp3) is 0.571. The summed E-state index contributed by atoms with van der Waals surface area (Å²) in [4.78, 5) is 28.4. The Bertz CT molecular complexity index is 556. The van der Waals surface area contributed by atoms with Gasteiger partial charge in [-0.3, -0.25) is 14.9 Å². The van der Waals surface area contributed by atoms with E-state index in [9.17, 15) is 14.9 Å². The van der Waals surface area contributed by atoms with E-state index in [-0.39, 0.29) is 23.7 Å². The third-order valence-electron chi connectivity index (χ3n) is 4.17. The Morgan fingerprint density at radius 3 is 2.95 bits per heavy atom. The van der Waals surface area contributed by atoms with Gasteiger partial charge in [0.15, 0.2) is 0 Å². The van der Waals surface area contributed by atoms with Crippen LogP contribution in [0.3, 0.4) is 0 Å². The van der Waals surface area contributed by atoms with E-state index in [4.69, 9.17) is 0 Å². The quantitative estimate of drug-likeness (QED) is 0.629. The van der Waals surface area contributed by atoms with Crippen LogP contribution in [-0.2, 0) is 4.79 Å². The number of carbonyl (C=O) groups is 1. The molecule has 1 aromatic heterocycles. The number of carbonyl (C=O) groups excluding carboxylic acids is 1. The van der Waals surface area contributed by atoms with Gasteiger partial charge in [0.1, 0.15) is 12.0 Å². The van der Waals surface area contributed by atoms with Crippen LogP contribution in [-0.4, -0.2) is 52.4 Å². The lowest BCUT2D eigenvalue weighted by molar-refractivity contribution is -0.385. The summed E-state index contributed by atoms with van der Waals surface area (Å²) in [5.41, 5.74) is -0.0268. The van der Waals surface area contributed by atoms with Crippen LogP contribution in [0.1, 0.15) is 19.3 Å². The Morgan fingerprint density at radius 2 is 2.32 bits per heavy atom. The lowest BCUT2D eigenvalue weighted by Crippen LogP contribution is -2.43. The van der Waals surface area contributed by atoms with Gasteiger partial charge in [-0.05, 0) is 31.9 Å². The van der Waals surface area contributed by atoms with Gasteiger partial charge in [-0.2, -0.15) is 0 Å². The molecule has 1 amide bonds. The Hall–Kier alpha value is -2.22. The number of hydrogen-bond acceptors (Lipinski definition) is 6. The van der Waals surface area contributed by atoms with E-state index in [1.165, 1.54) is 12.3 Å². The number of nitrogens with zero attached hydrogens (tertiary/aromatic N) is 3. The Balaban J connectivity index is 1.54. The largest absolute Gasteiger partial charge is 0.365 e. The third kappa shape index (κ3) is 3.16. The van der Waals surface area contributed by atoms with Gasteiger partial charge in [0.25, 0.3) is 5.69 Å². The highest BCUT2D eigenvalue weighted by molar-refractivity contribution is 5.82. The first-order valence-corrected chi connectivity index (χ1v) is 7.52. The molecule has 2 N–H and O–H groups in total. The van der Waals surface area contributed by atoms with E-state index >= 15 is 0 Å². The lowest BCUT2D eigenvalue weighted by Gasteiger charge is -2.21. The van der Waals surface area contributed by atoms with Gasteiger partial charge in [-0.15, -0.1) is 0 Å². The van der Waals surface area contributed by atoms with Crippen molar-refractivity contribution in [2.75, 3.05) is 25.0 Å². The number of pyridine rings is 1. The Kier molecular flexibility index (Phi) is 4.19. The van der Waals surface area contributed by atoms with Gasteiger partial charge in [-0.1, -0.05) is 0 Å². The van der Waals surface area contributed by atoms with Crippen LogP contribution in [0.2, 0.25) is 0 Å². The van der Waals surface area contributed by atoms with Crippen molar-refractivity contribution < 1.29 is 9.72 Å². The zero-order valence-electron chi connectivity index (χ0n) is 12.2. The van der Waals surface area contributed by atoms with Crippen molar-refractivity contribution in [2.24, 2.45) is 0 Å². The molecule has 3 heterocycles. The fourth-order valence-electron chi connectivity index (χ4n) is 2.98. The molecule has 0 spiro atoms. The second kappa shape index (κ2) is 6.27. The van der Waals surface area contributed by atoms with Crippen LogP contribution in [0.4, 0.5) is 11.5 Å². The topological polar surface area (TPSA) is 100 Å². The van der Waals surface area contributed by atoms with E-state index in [0.717, 1.165) is 32.4 Å². The minimum Gasteiger partial charge on any atom is -0.365 e. The molecule has 1 aromatic rings. The summed E-state index contributed by atoms with van der Waals surface area (Å²) in [7, 11) is 0. The van der Waals surface area contributed by atoms with Gasteiger partial charge in [0, 0.05) is 25.2 Å². The standard InChI is InChI=1S/C14H19N5O3/c20-14(12-2-1-6-15-12)18-7-5-10(9-18)17-13-4-3-11(8-16-13)19(21)22/h3-4,8,10,12,15H,1-2,5-7,9H2,(H,16,17). The highest BCUT2D eigenvalue weighted by Crippen LogP contribution is 2.18. The average Bonchev–Trinajstić information content (AvgIpc) is 3.19. The number of aromatic nitrogens is 1. The van der Waals surface area contributed by atoms with Crippen LogP contribution in [0.5, 0.6) is 0 Å². The number of likely N-dealkylation sites (tertiary alicyclic amines) is 1. The van der Waals surface area contributed by atoms with Crippen LogP contribution in [0, 0.1) is 10.1 Å². The van der Waals surface area contributed by atoms with Gasteiger partial charge >= 0.3 is 0 Å². The summed E-state index contributed by atoms with van der Waals surface area (Å²) in [6.45, 7) is 2.30. The van der Waals surface area contributed by atoms with Crippen LogP contribution in [0.15, 0.2) is 18.3 Å². The van der Waals surface area contributed by atoms with Crippen LogP contribution >= 0.6 is 0 Å². The van der Waals surface area contributed by atoms with Crippen molar-refractivity contribution in [1.29, 1.82) is 0 Å². The zero-order valence-corrected chi connectivity index (χ0v) is 12.2. The highest BCUT2D eigenvalue weighted by atomic mass is 16.6. The number of anilines is 1. The van der Waals surface area contributed by atoms with Crippen LogP contribution < -0.4 is 10.6 Å². The molecule has 0 saturated carbocycles. The number of nitrogens with one attached hydrogen (secondary N) is 2. The molecule has 2 fully saturated rings. The van der Waals surface area contributed by atoms with E-state index in [0.29, 0.717) is 12.4 Å². The van der Waals surface area contributed by atoms with Gasteiger partial charge in [0.05, 0.1) is 11.0 Å². The van der Waals surface area contributed by atoms with Crippen molar-refractivity contribution in [3.8, 4) is 0 Å². The second-order valence-electron chi connectivity index (χ2n) is 5.72. The first-order valence-electron chi connectivity index (χ1n) is 7.52. The summed E-state index contributed by atoms with van der Waals surface area (Å²) in [6.07, 6.45) is 4.07. The van der Waals surface area contributed by atoms with E-state index in [1.807, 2.05) is 4.90 Å². The SMILES string of the molecule is O=C(C1CCCN1)N1CCC(Nc2ccc([N+](=O)[O-])cn2)C1. The van der Waals surface area contributed by atoms with Crippen molar-refractivity contribution in [3.63, 3.8) is 0 Å². The molecule has 0 radical (unpaired) electrons. The molecule has 2 aliphatic rings. The maximum atomic E-state index is 12.3. The number of rotatable bonds is 4.